The van der Waals surface area contributed by atoms with Crippen LogP contribution in [-0.4, -0.2) is 23.8 Å². The number of para-hydroxylation sites is 1. The molecule has 2 rings (SSSR count). The molecule has 0 aliphatic heterocycles. The second-order valence-corrected chi connectivity index (χ2v) is 7.01. The Kier molecular flexibility index (Phi) is 5.49. The molecule has 1 aromatic rings. The Morgan fingerprint density at radius 2 is 1.96 bits per heavy atom. The Balaban J connectivity index is 1.91. The molecule has 1 amide bonds. The lowest BCUT2D eigenvalue weighted by atomic mass is 9.90. The molecule has 5 heteroatoms. The molecule has 0 saturated heterocycles. The molecule has 2 N–H and O–H groups in total. The number of hydrogen-bond acceptors (Lipinski definition) is 4. The summed E-state index contributed by atoms with van der Waals surface area (Å²) in [6.45, 7) is 5.57. The van der Waals surface area contributed by atoms with Gasteiger partial charge in [-0.3, -0.25) is 0 Å². The van der Waals surface area contributed by atoms with Gasteiger partial charge < -0.3 is 15.4 Å². The van der Waals surface area contributed by atoms with E-state index in [1.165, 1.54) is 0 Å². The standard InChI is InChI=1S/C18H25N3O2/c1-18(2,3)23-17(22)21-15-9-6-8-14(11-15)20-16-10-5-4-7-13(16)12-19/h4-5,7,10,14-15,20H,6,8-9,11H2,1-3H3,(H,21,22). The molecule has 1 aromatic carbocycles. The van der Waals surface area contributed by atoms with Crippen molar-refractivity contribution in [3.63, 3.8) is 0 Å². The lowest BCUT2D eigenvalue weighted by molar-refractivity contribution is 0.0492. The van der Waals surface area contributed by atoms with Crippen molar-refractivity contribution >= 4 is 11.8 Å². The predicted octanol–water partition coefficient (Wildman–Crippen LogP) is 3.81. The molecule has 0 aromatic heterocycles. The van der Waals surface area contributed by atoms with E-state index >= 15 is 0 Å². The van der Waals surface area contributed by atoms with Crippen LogP contribution >= 0.6 is 0 Å². The first kappa shape index (κ1) is 17.1. The van der Waals surface area contributed by atoms with E-state index in [-0.39, 0.29) is 18.2 Å². The first-order chi connectivity index (χ1) is 10.9. The third kappa shape index (κ3) is 5.48. The summed E-state index contributed by atoms with van der Waals surface area (Å²) in [5.74, 6) is 0. The molecule has 124 valence electrons. The van der Waals surface area contributed by atoms with E-state index in [4.69, 9.17) is 10.00 Å². The van der Waals surface area contributed by atoms with Crippen molar-refractivity contribution in [2.75, 3.05) is 5.32 Å². The molecule has 23 heavy (non-hydrogen) atoms. The SMILES string of the molecule is CC(C)(C)OC(=O)NC1CCCC(Nc2ccccc2C#N)C1. The minimum atomic E-state index is -0.484. The lowest BCUT2D eigenvalue weighted by Crippen LogP contribution is -2.43. The van der Waals surface area contributed by atoms with Crippen molar-refractivity contribution < 1.29 is 9.53 Å². The van der Waals surface area contributed by atoms with Gasteiger partial charge in [-0.2, -0.15) is 5.26 Å². The maximum Gasteiger partial charge on any atom is 0.407 e. The summed E-state index contributed by atoms with van der Waals surface area (Å²) < 4.78 is 5.32. The summed E-state index contributed by atoms with van der Waals surface area (Å²) >= 11 is 0. The topological polar surface area (TPSA) is 74.2 Å². The Morgan fingerprint density at radius 1 is 1.26 bits per heavy atom. The van der Waals surface area contributed by atoms with Gasteiger partial charge in [-0.05, 0) is 58.6 Å². The van der Waals surface area contributed by atoms with Crippen molar-refractivity contribution in [3.05, 3.63) is 29.8 Å². The Hall–Kier alpha value is -2.22. The van der Waals surface area contributed by atoms with E-state index in [0.717, 1.165) is 31.4 Å². The number of anilines is 1. The van der Waals surface area contributed by atoms with Crippen molar-refractivity contribution in [2.45, 2.75) is 64.1 Å². The molecule has 1 aliphatic carbocycles. The third-order valence-electron chi connectivity index (χ3n) is 3.80. The van der Waals surface area contributed by atoms with Crippen molar-refractivity contribution in [1.29, 1.82) is 5.26 Å². The van der Waals surface area contributed by atoms with Crippen LogP contribution in [0.5, 0.6) is 0 Å². The zero-order chi connectivity index (χ0) is 16.9. The van der Waals surface area contributed by atoms with Gasteiger partial charge >= 0.3 is 6.09 Å². The summed E-state index contributed by atoms with van der Waals surface area (Å²) in [6, 6.07) is 10.1. The number of rotatable bonds is 3. The van der Waals surface area contributed by atoms with Gasteiger partial charge in [-0.25, -0.2) is 4.79 Å². The molecular weight excluding hydrogens is 290 g/mol. The van der Waals surface area contributed by atoms with Gasteiger partial charge in [-0.1, -0.05) is 12.1 Å². The molecule has 0 spiro atoms. The minimum absolute atomic E-state index is 0.102. The van der Waals surface area contributed by atoms with E-state index < -0.39 is 5.60 Å². The molecule has 1 saturated carbocycles. The Bertz CT molecular complexity index is 587. The average Bonchev–Trinajstić information content (AvgIpc) is 2.46. The second kappa shape index (κ2) is 7.36. The average molecular weight is 315 g/mol. The lowest BCUT2D eigenvalue weighted by Gasteiger charge is -2.31. The number of carbonyl (C=O) groups excluding carboxylic acids is 1. The highest BCUT2D eigenvalue weighted by molar-refractivity contribution is 5.68. The maximum atomic E-state index is 11.9. The highest BCUT2D eigenvalue weighted by Crippen LogP contribution is 2.24. The molecule has 0 heterocycles. The van der Waals surface area contributed by atoms with Crippen LogP contribution in [0.25, 0.3) is 0 Å². The van der Waals surface area contributed by atoms with Crippen molar-refractivity contribution in [1.82, 2.24) is 5.32 Å². The molecule has 1 aliphatic rings. The first-order valence-electron chi connectivity index (χ1n) is 8.12. The molecule has 5 nitrogen and oxygen atoms in total. The van der Waals surface area contributed by atoms with Crippen LogP contribution in [-0.2, 0) is 4.74 Å². The summed E-state index contributed by atoms with van der Waals surface area (Å²) in [4.78, 5) is 11.9. The van der Waals surface area contributed by atoms with E-state index in [2.05, 4.69) is 16.7 Å². The van der Waals surface area contributed by atoms with Gasteiger partial charge in [0.25, 0.3) is 0 Å². The first-order valence-corrected chi connectivity index (χ1v) is 8.12. The molecule has 1 fully saturated rings. The normalized spacial score (nSPS) is 21.1. The van der Waals surface area contributed by atoms with Gasteiger partial charge in [0.2, 0.25) is 0 Å². The van der Waals surface area contributed by atoms with Crippen LogP contribution in [0.3, 0.4) is 0 Å². The van der Waals surface area contributed by atoms with Gasteiger partial charge in [0, 0.05) is 12.1 Å². The van der Waals surface area contributed by atoms with Gasteiger partial charge in [0.05, 0.1) is 11.3 Å². The predicted molar refractivity (Wildman–Crippen MR) is 90.2 cm³/mol. The number of alkyl carbamates (subject to hydrolysis) is 1. The number of ether oxygens (including phenoxy) is 1. The van der Waals surface area contributed by atoms with Crippen LogP contribution < -0.4 is 10.6 Å². The van der Waals surface area contributed by atoms with E-state index in [1.54, 1.807) is 0 Å². The quantitative estimate of drug-likeness (QED) is 0.889. The fraction of sp³-hybridized carbons (Fsp3) is 0.556. The van der Waals surface area contributed by atoms with E-state index in [0.29, 0.717) is 5.56 Å². The van der Waals surface area contributed by atoms with Crippen LogP contribution in [0.4, 0.5) is 10.5 Å². The van der Waals surface area contributed by atoms with Crippen molar-refractivity contribution in [3.8, 4) is 6.07 Å². The number of nitrogens with zero attached hydrogens (tertiary/aromatic N) is 1. The molecule has 2 unspecified atom stereocenters. The number of benzene rings is 1. The zero-order valence-electron chi connectivity index (χ0n) is 14.1. The smallest absolute Gasteiger partial charge is 0.407 e. The van der Waals surface area contributed by atoms with Crippen LogP contribution in [0.15, 0.2) is 24.3 Å². The monoisotopic (exact) mass is 315 g/mol. The summed E-state index contributed by atoms with van der Waals surface area (Å²) in [5.41, 5.74) is 1.02. The highest BCUT2D eigenvalue weighted by Gasteiger charge is 2.25. The fourth-order valence-electron chi connectivity index (χ4n) is 2.85. The minimum Gasteiger partial charge on any atom is -0.444 e. The van der Waals surface area contributed by atoms with Gasteiger partial charge in [0.15, 0.2) is 0 Å². The van der Waals surface area contributed by atoms with Crippen LogP contribution in [0, 0.1) is 11.3 Å². The summed E-state index contributed by atoms with van der Waals surface area (Å²) in [5, 5.41) is 15.6. The Morgan fingerprint density at radius 3 is 2.65 bits per heavy atom. The molecule has 0 radical (unpaired) electrons. The molecular formula is C18H25N3O2. The fourth-order valence-corrected chi connectivity index (χ4v) is 2.85. The maximum absolute atomic E-state index is 11.9. The number of nitriles is 1. The van der Waals surface area contributed by atoms with E-state index in [1.807, 2.05) is 45.0 Å². The van der Waals surface area contributed by atoms with Gasteiger partial charge in [0.1, 0.15) is 11.7 Å². The van der Waals surface area contributed by atoms with E-state index in [9.17, 15) is 4.79 Å². The van der Waals surface area contributed by atoms with Crippen LogP contribution in [0.1, 0.15) is 52.0 Å². The second-order valence-electron chi connectivity index (χ2n) is 7.01. The van der Waals surface area contributed by atoms with Gasteiger partial charge in [-0.15, -0.1) is 0 Å². The molecule has 0 bridgehead atoms. The summed E-state index contributed by atoms with van der Waals surface area (Å²) in [7, 11) is 0. The largest absolute Gasteiger partial charge is 0.444 e. The number of amides is 1. The zero-order valence-corrected chi connectivity index (χ0v) is 14.1. The highest BCUT2D eigenvalue weighted by atomic mass is 16.6. The third-order valence-corrected chi connectivity index (χ3v) is 3.80. The number of nitrogens with one attached hydrogen (secondary N) is 2. The molecule has 2 atom stereocenters. The number of carbonyl (C=O) groups is 1. The number of hydrogen-bond donors (Lipinski definition) is 2. The van der Waals surface area contributed by atoms with Crippen molar-refractivity contribution in [2.24, 2.45) is 0 Å². The van der Waals surface area contributed by atoms with Crippen LogP contribution in [0.2, 0.25) is 0 Å². The summed E-state index contributed by atoms with van der Waals surface area (Å²) in [6.07, 6.45) is 3.50. The Labute approximate surface area is 138 Å².